The third kappa shape index (κ3) is 1.57. The minimum absolute atomic E-state index is 0.170. The first-order valence-corrected chi connectivity index (χ1v) is 5.72. The highest BCUT2D eigenvalue weighted by Crippen LogP contribution is 2.11. The molecular formula is C11H11N5O3. The van der Waals surface area contributed by atoms with Crippen molar-refractivity contribution in [1.82, 2.24) is 24.6 Å². The standard InChI is InChI=1S/C11H11N5O3/c1-5-6(2-3-17)10(18)16-9(13-5)7-4-12-15-8(7)14-11(16)19/h4,17H,2-3H2,1H3,(H2,12,14,15,19). The Hall–Kier alpha value is -2.48. The number of aromatic amines is 2. The normalized spacial score (nSPS) is 11.5. The Morgan fingerprint density at radius 2 is 2.21 bits per heavy atom. The molecule has 3 heterocycles. The number of aliphatic hydroxyl groups excluding tert-OH is 1. The fourth-order valence-corrected chi connectivity index (χ4v) is 2.14. The number of H-pyrrole nitrogens is 2. The van der Waals surface area contributed by atoms with Gasteiger partial charge in [-0.2, -0.15) is 5.10 Å². The summed E-state index contributed by atoms with van der Waals surface area (Å²) < 4.78 is 0.968. The maximum atomic E-state index is 12.3. The number of aliphatic hydroxyl groups is 1. The molecule has 19 heavy (non-hydrogen) atoms. The van der Waals surface area contributed by atoms with Crippen LogP contribution in [-0.4, -0.2) is 36.3 Å². The smallest absolute Gasteiger partial charge is 0.335 e. The van der Waals surface area contributed by atoms with Crippen molar-refractivity contribution in [2.45, 2.75) is 13.3 Å². The van der Waals surface area contributed by atoms with Gasteiger partial charge in [-0.3, -0.25) is 14.9 Å². The van der Waals surface area contributed by atoms with E-state index in [4.69, 9.17) is 5.11 Å². The summed E-state index contributed by atoms with van der Waals surface area (Å²) in [5.41, 5.74) is 0.493. The highest BCUT2D eigenvalue weighted by atomic mass is 16.3. The van der Waals surface area contributed by atoms with Crippen molar-refractivity contribution in [3.8, 4) is 0 Å². The Bertz CT molecular complexity index is 889. The van der Waals surface area contributed by atoms with Gasteiger partial charge in [-0.1, -0.05) is 0 Å². The molecule has 3 aromatic rings. The molecule has 0 spiro atoms. The van der Waals surface area contributed by atoms with Gasteiger partial charge in [0, 0.05) is 24.3 Å². The highest BCUT2D eigenvalue weighted by Gasteiger charge is 2.14. The molecule has 0 aliphatic rings. The summed E-state index contributed by atoms with van der Waals surface area (Å²) in [6.45, 7) is 1.51. The zero-order valence-electron chi connectivity index (χ0n) is 10.1. The van der Waals surface area contributed by atoms with Gasteiger partial charge in [0.1, 0.15) is 5.65 Å². The van der Waals surface area contributed by atoms with Crippen molar-refractivity contribution in [3.05, 3.63) is 38.3 Å². The lowest BCUT2D eigenvalue weighted by Crippen LogP contribution is -2.32. The van der Waals surface area contributed by atoms with Gasteiger partial charge >= 0.3 is 5.69 Å². The minimum Gasteiger partial charge on any atom is -0.396 e. The highest BCUT2D eigenvalue weighted by molar-refractivity contribution is 5.87. The second-order valence-corrected chi connectivity index (χ2v) is 4.20. The van der Waals surface area contributed by atoms with Crippen molar-refractivity contribution in [2.24, 2.45) is 0 Å². The monoisotopic (exact) mass is 261 g/mol. The largest absolute Gasteiger partial charge is 0.396 e. The van der Waals surface area contributed by atoms with Gasteiger partial charge in [0.05, 0.1) is 11.6 Å². The van der Waals surface area contributed by atoms with Crippen LogP contribution in [0, 0.1) is 6.92 Å². The lowest BCUT2D eigenvalue weighted by molar-refractivity contribution is 0.298. The van der Waals surface area contributed by atoms with Crippen LogP contribution in [0.15, 0.2) is 15.8 Å². The molecule has 8 heteroatoms. The molecule has 0 unspecified atom stereocenters. The van der Waals surface area contributed by atoms with E-state index in [-0.39, 0.29) is 18.7 Å². The molecule has 0 fully saturated rings. The van der Waals surface area contributed by atoms with Gasteiger partial charge in [0.15, 0.2) is 5.65 Å². The maximum Gasteiger partial charge on any atom is 0.335 e. The fourth-order valence-electron chi connectivity index (χ4n) is 2.14. The van der Waals surface area contributed by atoms with Crippen molar-refractivity contribution < 1.29 is 5.11 Å². The van der Waals surface area contributed by atoms with E-state index in [0.717, 1.165) is 4.40 Å². The van der Waals surface area contributed by atoms with E-state index in [1.54, 1.807) is 6.92 Å². The summed E-state index contributed by atoms with van der Waals surface area (Å²) in [6.07, 6.45) is 1.67. The molecule has 0 aliphatic carbocycles. The van der Waals surface area contributed by atoms with E-state index >= 15 is 0 Å². The molecule has 3 aromatic heterocycles. The van der Waals surface area contributed by atoms with Gasteiger partial charge in [0.2, 0.25) is 0 Å². The Balaban J connectivity index is 2.57. The van der Waals surface area contributed by atoms with Crippen LogP contribution in [0.1, 0.15) is 11.3 Å². The van der Waals surface area contributed by atoms with Gasteiger partial charge in [-0.15, -0.1) is 0 Å². The second-order valence-electron chi connectivity index (χ2n) is 4.20. The predicted octanol–water partition coefficient (Wildman–Crippen LogP) is -0.898. The number of hydrogen-bond donors (Lipinski definition) is 3. The first-order chi connectivity index (χ1) is 9.13. The molecular weight excluding hydrogens is 250 g/mol. The van der Waals surface area contributed by atoms with Crippen LogP contribution in [0.5, 0.6) is 0 Å². The Kier molecular flexibility index (Phi) is 2.46. The molecule has 8 nitrogen and oxygen atoms in total. The number of nitrogens with one attached hydrogen (secondary N) is 2. The van der Waals surface area contributed by atoms with Crippen LogP contribution >= 0.6 is 0 Å². The van der Waals surface area contributed by atoms with Crippen molar-refractivity contribution >= 4 is 16.7 Å². The minimum atomic E-state index is -0.580. The van der Waals surface area contributed by atoms with Crippen LogP contribution in [-0.2, 0) is 6.42 Å². The van der Waals surface area contributed by atoms with Crippen LogP contribution in [0.4, 0.5) is 0 Å². The number of fused-ring (bicyclic) bond motifs is 3. The third-order valence-corrected chi connectivity index (χ3v) is 3.06. The molecule has 0 amide bonds. The quantitative estimate of drug-likeness (QED) is 0.553. The van der Waals surface area contributed by atoms with Gasteiger partial charge in [0.25, 0.3) is 5.56 Å². The lowest BCUT2D eigenvalue weighted by atomic mass is 10.2. The first-order valence-electron chi connectivity index (χ1n) is 5.72. The Labute approximate surface area is 105 Å². The lowest BCUT2D eigenvalue weighted by Gasteiger charge is -2.06. The van der Waals surface area contributed by atoms with E-state index in [2.05, 4.69) is 20.2 Å². The molecule has 0 radical (unpaired) electrons. The summed E-state index contributed by atoms with van der Waals surface area (Å²) in [7, 11) is 0. The zero-order chi connectivity index (χ0) is 13.6. The Morgan fingerprint density at radius 1 is 1.42 bits per heavy atom. The molecule has 0 bridgehead atoms. The number of nitrogens with zero attached hydrogens (tertiary/aromatic N) is 3. The maximum absolute atomic E-state index is 12.3. The molecule has 3 rings (SSSR count). The van der Waals surface area contributed by atoms with E-state index in [0.29, 0.717) is 22.3 Å². The molecule has 0 aliphatic heterocycles. The number of aryl methyl sites for hydroxylation is 1. The molecule has 0 saturated heterocycles. The van der Waals surface area contributed by atoms with E-state index < -0.39 is 11.2 Å². The van der Waals surface area contributed by atoms with Crippen molar-refractivity contribution in [1.29, 1.82) is 0 Å². The summed E-state index contributed by atoms with van der Waals surface area (Å²) >= 11 is 0. The zero-order valence-corrected chi connectivity index (χ0v) is 10.1. The summed E-state index contributed by atoms with van der Waals surface area (Å²) in [6, 6.07) is 0. The fraction of sp³-hybridized carbons (Fsp3) is 0.273. The summed E-state index contributed by atoms with van der Waals surface area (Å²) in [5.74, 6) is 0. The van der Waals surface area contributed by atoms with Crippen molar-refractivity contribution in [3.63, 3.8) is 0 Å². The molecule has 0 saturated carbocycles. The summed E-state index contributed by atoms with van der Waals surface area (Å²) in [5, 5.41) is 16.0. The number of rotatable bonds is 2. The van der Waals surface area contributed by atoms with E-state index in [9.17, 15) is 9.59 Å². The molecule has 98 valence electrons. The first kappa shape index (κ1) is 11.6. The summed E-state index contributed by atoms with van der Waals surface area (Å²) in [4.78, 5) is 31.0. The topological polar surface area (TPSA) is 116 Å². The average Bonchev–Trinajstić information content (AvgIpc) is 2.82. The Morgan fingerprint density at radius 3 is 2.95 bits per heavy atom. The van der Waals surface area contributed by atoms with E-state index in [1.165, 1.54) is 6.20 Å². The van der Waals surface area contributed by atoms with Gasteiger partial charge < -0.3 is 5.11 Å². The average molecular weight is 261 g/mol. The number of aromatic nitrogens is 5. The van der Waals surface area contributed by atoms with Crippen molar-refractivity contribution in [2.75, 3.05) is 6.61 Å². The van der Waals surface area contributed by atoms with Gasteiger partial charge in [-0.25, -0.2) is 14.2 Å². The van der Waals surface area contributed by atoms with Crippen LogP contribution in [0.25, 0.3) is 16.7 Å². The predicted molar refractivity (Wildman–Crippen MR) is 67.3 cm³/mol. The van der Waals surface area contributed by atoms with E-state index in [1.807, 2.05) is 0 Å². The molecule has 0 atom stereocenters. The number of hydrogen-bond acceptors (Lipinski definition) is 5. The SMILES string of the molecule is Cc1nc2c3cn[nH]c3[nH]c(=O)n2c(=O)c1CCO. The molecule has 3 N–H and O–H groups in total. The van der Waals surface area contributed by atoms with Crippen LogP contribution < -0.4 is 11.2 Å². The van der Waals surface area contributed by atoms with Crippen LogP contribution in [0.3, 0.4) is 0 Å². The molecule has 0 aromatic carbocycles. The van der Waals surface area contributed by atoms with Crippen LogP contribution in [0.2, 0.25) is 0 Å². The third-order valence-electron chi connectivity index (χ3n) is 3.06. The second kappa shape index (κ2) is 4.02. The van der Waals surface area contributed by atoms with Gasteiger partial charge in [-0.05, 0) is 6.92 Å².